The van der Waals surface area contributed by atoms with Crippen LogP contribution in [0, 0.1) is 5.92 Å². The average molecular weight is 1110 g/mol. The number of aliphatic hydroxyl groups excluding tert-OH is 1. The minimum absolute atomic E-state index is 0.0659. The summed E-state index contributed by atoms with van der Waals surface area (Å²) in [6, 6.07) is 47.6. The molecule has 2 fully saturated rings. The number of benzene rings is 6. The normalized spacial score (nSPS) is 22.9. The van der Waals surface area contributed by atoms with Crippen LogP contribution in [0.4, 0.5) is 0 Å². The van der Waals surface area contributed by atoms with Crippen molar-refractivity contribution < 1.29 is 80.9 Å². The van der Waals surface area contributed by atoms with E-state index in [1.54, 1.807) is 121 Å². The van der Waals surface area contributed by atoms with Crippen LogP contribution in [0.2, 0.25) is 18.1 Å². The first-order chi connectivity index (χ1) is 38.4. The van der Waals surface area contributed by atoms with Gasteiger partial charge in [-0.05, 0) is 96.8 Å². The number of hydrogen-bond donors (Lipinski definition) is 1. The molecule has 2 aliphatic heterocycles. The van der Waals surface area contributed by atoms with Crippen LogP contribution in [0.3, 0.4) is 0 Å². The number of hydrogen-bond acceptors (Lipinski definition) is 17. The van der Waals surface area contributed by atoms with Gasteiger partial charge in [0.15, 0.2) is 57.5 Å². The van der Waals surface area contributed by atoms with E-state index >= 15 is 0 Å². The van der Waals surface area contributed by atoms with Crippen molar-refractivity contribution in [3.63, 3.8) is 0 Å². The van der Waals surface area contributed by atoms with Gasteiger partial charge in [0.1, 0.15) is 12.2 Å². The Morgan fingerprint density at radius 2 is 0.700 bits per heavy atom. The molecule has 0 radical (unpaired) electrons. The summed E-state index contributed by atoms with van der Waals surface area (Å²) in [5, 5.41) is 11.6. The molecule has 0 amide bonds. The summed E-state index contributed by atoms with van der Waals surface area (Å²) in [6.45, 7) is 11.5. The van der Waals surface area contributed by atoms with Crippen molar-refractivity contribution in [3.05, 3.63) is 215 Å². The maximum absolute atomic E-state index is 14.4. The van der Waals surface area contributed by atoms with E-state index in [1.807, 2.05) is 13.1 Å². The van der Waals surface area contributed by atoms with Crippen LogP contribution < -0.4 is 0 Å². The summed E-state index contributed by atoms with van der Waals surface area (Å²) in [5.74, 6) is -5.28. The number of rotatable bonds is 20. The molecule has 6 aromatic carbocycles. The predicted molar refractivity (Wildman–Crippen MR) is 292 cm³/mol. The molecule has 17 nitrogen and oxygen atoms in total. The maximum atomic E-state index is 14.4. The van der Waals surface area contributed by atoms with Gasteiger partial charge in [-0.2, -0.15) is 0 Å². The number of carbonyl (C=O) groups excluding carboxylic acids is 6. The number of carbonyl (C=O) groups is 6. The van der Waals surface area contributed by atoms with Crippen molar-refractivity contribution in [1.82, 2.24) is 0 Å². The number of ether oxygens (including phenoxy) is 9. The second kappa shape index (κ2) is 26.4. The fourth-order valence-corrected chi connectivity index (χ4v) is 11.3. The van der Waals surface area contributed by atoms with Gasteiger partial charge in [-0.3, -0.25) is 0 Å². The molecule has 1 N–H and O–H groups in total. The van der Waals surface area contributed by atoms with Gasteiger partial charge < -0.3 is 52.2 Å². The predicted octanol–water partition coefficient (Wildman–Crippen LogP) is 9.46. The number of aliphatic hydroxyl groups is 1. The summed E-state index contributed by atoms with van der Waals surface area (Å²) in [4.78, 5) is 85.1. The third-order valence-corrected chi connectivity index (χ3v) is 19.3. The van der Waals surface area contributed by atoms with Crippen LogP contribution in [0.5, 0.6) is 0 Å². The zero-order chi connectivity index (χ0) is 57.0. The highest BCUT2D eigenvalue weighted by atomic mass is 28.4. The van der Waals surface area contributed by atoms with Gasteiger partial charge in [0.25, 0.3) is 0 Å². The largest absolute Gasteiger partial charge is 0.452 e. The Balaban J connectivity index is 1.22. The molecule has 80 heavy (non-hydrogen) atoms. The smallest absolute Gasteiger partial charge is 0.338 e. The second-order valence-electron chi connectivity index (χ2n) is 20.6. The zero-order valence-corrected chi connectivity index (χ0v) is 46.1. The van der Waals surface area contributed by atoms with E-state index in [-0.39, 0.29) is 50.9 Å². The van der Waals surface area contributed by atoms with Crippen LogP contribution in [-0.4, -0.2) is 124 Å². The summed E-state index contributed by atoms with van der Waals surface area (Å²) in [7, 11) is -2.75. The first-order valence-corrected chi connectivity index (χ1v) is 29.1. The molecule has 0 unspecified atom stereocenters. The molecule has 18 heteroatoms. The maximum Gasteiger partial charge on any atom is 0.338 e. The Morgan fingerprint density at radius 1 is 0.425 bits per heavy atom. The van der Waals surface area contributed by atoms with Crippen molar-refractivity contribution in [2.75, 3.05) is 13.2 Å². The number of esters is 6. The van der Waals surface area contributed by atoms with Crippen LogP contribution in [0.1, 0.15) is 89.8 Å². The lowest BCUT2D eigenvalue weighted by Crippen LogP contribution is -2.65. The molecule has 2 saturated heterocycles. The van der Waals surface area contributed by atoms with Gasteiger partial charge in [0, 0.05) is 0 Å². The topological polar surface area (TPSA) is 215 Å². The lowest BCUT2D eigenvalue weighted by Gasteiger charge is -2.47. The average Bonchev–Trinajstić information content (AvgIpc) is 3.50. The Morgan fingerprint density at radius 3 is 1.02 bits per heavy atom. The third-order valence-electron chi connectivity index (χ3n) is 14.7. The SMILES string of the molecule is CC(C)C(C)(C)[Si](C)(C)OC[C@H]1O[C@@H](OC[C@H]2O[C@@H](O)[C@H](OC(=O)c3ccccc3)[C@@H](OC(=O)c3ccccc3)[C@@H]2OC(=O)c2ccccc2)[C@H](OC(=O)c2ccccc2)[C@@H](OC(=O)c2ccccc2)[C@@H]1OC(=O)c1ccccc1. The molecule has 0 saturated carbocycles. The Bertz CT molecular complexity index is 3020. The van der Waals surface area contributed by atoms with Crippen LogP contribution in [0.15, 0.2) is 182 Å². The van der Waals surface area contributed by atoms with Gasteiger partial charge in [0.2, 0.25) is 0 Å². The lowest BCUT2D eigenvalue weighted by molar-refractivity contribution is -0.322. The third kappa shape index (κ3) is 14.1. The van der Waals surface area contributed by atoms with E-state index in [1.165, 1.54) is 60.7 Å². The Labute approximate surface area is 465 Å². The molecule has 2 heterocycles. The van der Waals surface area contributed by atoms with Gasteiger partial charge in [-0.25, -0.2) is 28.8 Å². The van der Waals surface area contributed by atoms with Crippen molar-refractivity contribution >= 4 is 44.1 Å². The molecule has 2 aliphatic rings. The molecule has 0 bridgehead atoms. The summed E-state index contributed by atoms with van der Waals surface area (Å²) in [5.41, 5.74) is 0.542. The summed E-state index contributed by atoms with van der Waals surface area (Å²) < 4.78 is 63.6. The summed E-state index contributed by atoms with van der Waals surface area (Å²) >= 11 is 0. The van der Waals surface area contributed by atoms with E-state index in [9.17, 15) is 33.9 Å². The van der Waals surface area contributed by atoms with E-state index in [2.05, 4.69) is 27.7 Å². The fraction of sp³-hybridized carbons (Fsp3) is 0.323. The van der Waals surface area contributed by atoms with Crippen LogP contribution >= 0.6 is 0 Å². The minimum atomic E-state index is -2.75. The van der Waals surface area contributed by atoms with E-state index < -0.39 is 112 Å². The highest BCUT2D eigenvalue weighted by molar-refractivity contribution is 6.74. The van der Waals surface area contributed by atoms with Crippen molar-refractivity contribution in [2.24, 2.45) is 5.92 Å². The molecule has 10 atom stereocenters. The monoisotopic (exact) mass is 1110 g/mol. The van der Waals surface area contributed by atoms with Gasteiger partial charge in [-0.1, -0.05) is 137 Å². The van der Waals surface area contributed by atoms with Crippen LogP contribution in [0.25, 0.3) is 0 Å². The Kier molecular flexibility index (Phi) is 19.2. The zero-order valence-electron chi connectivity index (χ0n) is 45.1. The molecule has 0 aliphatic carbocycles. The van der Waals surface area contributed by atoms with Gasteiger partial charge in [0.05, 0.1) is 46.6 Å². The van der Waals surface area contributed by atoms with E-state index in [0.29, 0.717) is 0 Å². The van der Waals surface area contributed by atoms with Gasteiger partial charge in [-0.15, -0.1) is 0 Å². The Hall–Kier alpha value is -7.84. The van der Waals surface area contributed by atoms with Crippen molar-refractivity contribution in [2.45, 2.75) is 107 Å². The highest BCUT2D eigenvalue weighted by Gasteiger charge is 2.57. The highest BCUT2D eigenvalue weighted by Crippen LogP contribution is 2.45. The van der Waals surface area contributed by atoms with E-state index in [4.69, 9.17) is 47.1 Å². The second-order valence-corrected chi connectivity index (χ2v) is 25.2. The lowest BCUT2D eigenvalue weighted by atomic mass is 9.96. The van der Waals surface area contributed by atoms with Gasteiger partial charge >= 0.3 is 35.8 Å². The minimum Gasteiger partial charge on any atom is -0.452 e. The molecule has 6 aromatic rings. The molecule has 0 aromatic heterocycles. The first-order valence-electron chi connectivity index (χ1n) is 26.2. The van der Waals surface area contributed by atoms with Crippen molar-refractivity contribution in [1.29, 1.82) is 0 Å². The molecule has 0 spiro atoms. The molecule has 418 valence electrons. The van der Waals surface area contributed by atoms with E-state index in [0.717, 1.165) is 0 Å². The summed E-state index contributed by atoms with van der Waals surface area (Å²) in [6.07, 6.45) is -17.2. The fourth-order valence-electron chi connectivity index (χ4n) is 8.94. The van der Waals surface area contributed by atoms with Crippen molar-refractivity contribution in [3.8, 4) is 0 Å². The van der Waals surface area contributed by atoms with Crippen LogP contribution in [-0.2, 0) is 47.1 Å². The standard InChI is InChI=1S/C62H64O17Si/c1-39(2)62(3,4)80(5,6)71-38-47-49(75-55(64)41-27-15-8-16-28-41)51(77-57(66)43-31-19-10-20-32-43)53(79-59(68)45-35-23-12-24-36-45)61(73-47)70-37-46-48(74-54(63)40-25-13-7-14-26-40)50(76-56(65)42-29-17-9-18-30-42)52(60(69)72-46)78-58(67)44-33-21-11-22-34-44/h7-36,39,46-53,60-61,69H,37-38H2,1-6H3/t46-,47-,48-,49-,50+,51+,52-,53-,60-,61-/m1/s1. The first kappa shape index (κ1) is 58.3. The molecule has 8 rings (SSSR count). The quantitative estimate of drug-likeness (QED) is 0.0428. The molecular formula is C62H64O17Si. The molecular weight excluding hydrogens is 1040 g/mol.